The van der Waals surface area contributed by atoms with Gasteiger partial charge in [0.15, 0.2) is 11.8 Å². The largest absolute Gasteiger partial charge is 0.484 e. The van der Waals surface area contributed by atoms with Gasteiger partial charge < -0.3 is 21.5 Å². The zero-order valence-corrected chi connectivity index (χ0v) is 22.1. The van der Waals surface area contributed by atoms with Crippen molar-refractivity contribution in [3.63, 3.8) is 0 Å². The van der Waals surface area contributed by atoms with Gasteiger partial charge in [0.1, 0.15) is 11.9 Å². The number of hydrogen-bond acceptors (Lipinski definition) is 8. The molecular formula is C30H26N10O. The Bertz CT molecular complexity index is 1830. The highest BCUT2D eigenvalue weighted by Crippen LogP contribution is 2.37. The van der Waals surface area contributed by atoms with Crippen molar-refractivity contribution in [2.45, 2.75) is 13.0 Å². The zero-order chi connectivity index (χ0) is 28.2. The summed E-state index contributed by atoms with van der Waals surface area (Å²) in [7, 11) is 0. The fraction of sp³-hybridized carbons (Fsp3) is 0.0667. The highest BCUT2D eigenvalue weighted by atomic mass is 16.5. The first-order valence-corrected chi connectivity index (χ1v) is 12.9. The van der Waals surface area contributed by atoms with E-state index < -0.39 is 0 Å². The molecule has 1 unspecified atom stereocenters. The van der Waals surface area contributed by atoms with Gasteiger partial charge in [-0.15, -0.1) is 15.3 Å². The molecule has 0 aliphatic carbocycles. The fourth-order valence-electron chi connectivity index (χ4n) is 4.44. The fourth-order valence-corrected chi connectivity index (χ4v) is 4.44. The number of anilines is 2. The molecule has 6 rings (SSSR count). The number of nitrogens with one attached hydrogen (secondary N) is 1. The number of rotatable bonds is 7. The summed E-state index contributed by atoms with van der Waals surface area (Å²) in [5.41, 5.74) is 17.1. The molecule has 11 nitrogen and oxygen atoms in total. The first-order valence-electron chi connectivity index (χ1n) is 12.9. The summed E-state index contributed by atoms with van der Waals surface area (Å²) in [6.45, 7) is 1.93. The molecule has 0 aliphatic rings. The Kier molecular flexibility index (Phi) is 6.89. The molecule has 0 bridgehead atoms. The predicted molar refractivity (Wildman–Crippen MR) is 158 cm³/mol. The third kappa shape index (κ3) is 5.50. The lowest BCUT2D eigenvalue weighted by Gasteiger charge is -2.19. The number of para-hydroxylation sites is 2. The quantitative estimate of drug-likeness (QED) is 0.186. The summed E-state index contributed by atoms with van der Waals surface area (Å²) < 4.78 is 8.03. The van der Waals surface area contributed by atoms with E-state index in [1.54, 1.807) is 16.8 Å². The maximum Gasteiger partial charge on any atom is 0.254 e. The molecule has 0 fully saturated rings. The van der Waals surface area contributed by atoms with E-state index in [4.69, 9.17) is 16.2 Å². The monoisotopic (exact) mass is 542 g/mol. The standard InChI is InChI=1S/C30H26N10O/c1-19(25-17-18-33-30-36-29(32)39-40(25)30)41-26-14-8-6-12-22(26)21-11-5-7-13-24(21)34-28(31)35-27-16-15-23(37-38-27)20-9-3-2-4-10-20/h2-19H,1H3,(H2,32,39)(H3,31,34,35,38). The number of nitrogen functional groups attached to an aromatic ring is 1. The average molecular weight is 543 g/mol. The minimum absolute atomic E-state index is 0.148. The van der Waals surface area contributed by atoms with Crippen molar-refractivity contribution >= 4 is 29.2 Å². The third-order valence-corrected chi connectivity index (χ3v) is 6.33. The third-order valence-electron chi connectivity index (χ3n) is 6.33. The molecule has 41 heavy (non-hydrogen) atoms. The van der Waals surface area contributed by atoms with Crippen LogP contribution in [0.2, 0.25) is 0 Å². The number of benzene rings is 3. The highest BCUT2D eigenvalue weighted by molar-refractivity contribution is 5.98. The zero-order valence-electron chi connectivity index (χ0n) is 22.1. The lowest BCUT2D eigenvalue weighted by molar-refractivity contribution is 0.220. The molecule has 202 valence electrons. The first kappa shape index (κ1) is 25.4. The number of ether oxygens (including phenoxy) is 1. The Balaban J connectivity index is 1.25. The van der Waals surface area contributed by atoms with Crippen molar-refractivity contribution in [2.24, 2.45) is 10.7 Å². The molecule has 1 atom stereocenters. The Morgan fingerprint density at radius 3 is 2.44 bits per heavy atom. The summed E-state index contributed by atoms with van der Waals surface area (Å²) in [4.78, 5) is 12.8. The summed E-state index contributed by atoms with van der Waals surface area (Å²) in [5.74, 6) is 1.80. The summed E-state index contributed by atoms with van der Waals surface area (Å²) in [6.07, 6.45) is 1.28. The van der Waals surface area contributed by atoms with Crippen LogP contribution < -0.4 is 21.5 Å². The van der Waals surface area contributed by atoms with Crippen molar-refractivity contribution in [3.8, 4) is 28.1 Å². The number of nitrogens with zero attached hydrogens (tertiary/aromatic N) is 7. The van der Waals surface area contributed by atoms with Crippen molar-refractivity contribution in [3.05, 3.63) is 109 Å². The van der Waals surface area contributed by atoms with Crippen LogP contribution in [0.15, 0.2) is 108 Å². The van der Waals surface area contributed by atoms with Gasteiger partial charge in [0, 0.05) is 28.6 Å². The normalized spacial score (nSPS) is 12.3. The minimum Gasteiger partial charge on any atom is -0.484 e. The van der Waals surface area contributed by atoms with Crippen molar-refractivity contribution in [1.29, 1.82) is 0 Å². The summed E-state index contributed by atoms with van der Waals surface area (Å²) in [6, 6.07) is 30.8. The van der Waals surface area contributed by atoms with Crippen molar-refractivity contribution in [1.82, 2.24) is 29.8 Å². The van der Waals surface area contributed by atoms with Crippen LogP contribution in [0, 0.1) is 0 Å². The maximum atomic E-state index is 6.44. The molecule has 0 radical (unpaired) electrons. The van der Waals surface area contributed by atoms with Crippen LogP contribution >= 0.6 is 0 Å². The molecule has 11 heteroatoms. The van der Waals surface area contributed by atoms with Crippen LogP contribution in [0.4, 0.5) is 17.5 Å². The second-order valence-corrected chi connectivity index (χ2v) is 9.12. The van der Waals surface area contributed by atoms with Gasteiger partial charge in [0.25, 0.3) is 5.78 Å². The Morgan fingerprint density at radius 2 is 1.63 bits per heavy atom. The van der Waals surface area contributed by atoms with Crippen molar-refractivity contribution < 1.29 is 4.74 Å². The number of aliphatic imine (C=N–C) groups is 1. The lowest BCUT2D eigenvalue weighted by atomic mass is 10.0. The minimum atomic E-state index is -0.382. The molecule has 0 saturated heterocycles. The molecule has 0 spiro atoms. The molecule has 5 N–H and O–H groups in total. The van der Waals surface area contributed by atoms with Crippen LogP contribution in [0.1, 0.15) is 18.7 Å². The van der Waals surface area contributed by atoms with E-state index in [1.807, 2.05) is 97.9 Å². The maximum absolute atomic E-state index is 6.44. The Morgan fingerprint density at radius 1 is 0.878 bits per heavy atom. The van der Waals surface area contributed by atoms with Crippen LogP contribution in [0.3, 0.4) is 0 Å². The van der Waals surface area contributed by atoms with Crippen LogP contribution in [0.5, 0.6) is 5.75 Å². The number of nitrogens with two attached hydrogens (primary N) is 2. The van der Waals surface area contributed by atoms with Crippen molar-refractivity contribution in [2.75, 3.05) is 11.1 Å². The van der Waals surface area contributed by atoms with E-state index in [0.717, 1.165) is 33.8 Å². The number of guanidine groups is 1. The number of fused-ring (bicyclic) bond motifs is 1. The van der Waals surface area contributed by atoms with Crippen LogP contribution in [-0.2, 0) is 0 Å². The Labute approximate surface area is 235 Å². The lowest BCUT2D eigenvalue weighted by Crippen LogP contribution is -2.22. The molecule has 3 aromatic heterocycles. The van der Waals surface area contributed by atoms with E-state index >= 15 is 0 Å². The van der Waals surface area contributed by atoms with E-state index in [9.17, 15) is 0 Å². The summed E-state index contributed by atoms with van der Waals surface area (Å²) >= 11 is 0. The first-order chi connectivity index (χ1) is 20.0. The SMILES string of the molecule is CC(Oc1ccccc1-c1ccccc1NC(N)=Nc1ccc(-c2ccccc2)nn1)c1ccnc2nc(N)nn12. The van der Waals surface area contributed by atoms with Crippen LogP contribution in [0.25, 0.3) is 28.2 Å². The second kappa shape index (κ2) is 11.1. The van der Waals surface area contributed by atoms with Gasteiger partial charge in [0.2, 0.25) is 5.95 Å². The molecule has 6 aromatic rings. The predicted octanol–water partition coefficient (Wildman–Crippen LogP) is 5.03. The average Bonchev–Trinajstić information content (AvgIpc) is 3.39. The van der Waals surface area contributed by atoms with E-state index in [2.05, 4.69) is 35.6 Å². The van der Waals surface area contributed by atoms with Crippen LogP contribution in [-0.4, -0.2) is 35.7 Å². The summed E-state index contributed by atoms with van der Waals surface area (Å²) in [5, 5.41) is 15.9. The number of hydrogen-bond donors (Lipinski definition) is 3. The van der Waals surface area contributed by atoms with Gasteiger partial charge in [-0.25, -0.2) is 4.98 Å². The van der Waals surface area contributed by atoms with E-state index in [1.165, 1.54) is 0 Å². The van der Waals surface area contributed by atoms with Gasteiger partial charge in [-0.3, -0.25) is 0 Å². The smallest absolute Gasteiger partial charge is 0.254 e. The van der Waals surface area contributed by atoms with Gasteiger partial charge in [0.05, 0.1) is 11.4 Å². The van der Waals surface area contributed by atoms with Gasteiger partial charge >= 0.3 is 0 Å². The molecule has 3 heterocycles. The van der Waals surface area contributed by atoms with E-state index in [-0.39, 0.29) is 18.0 Å². The van der Waals surface area contributed by atoms with Gasteiger partial charge in [-0.2, -0.15) is 14.5 Å². The molecule has 0 saturated carbocycles. The van der Waals surface area contributed by atoms with Gasteiger partial charge in [-0.05, 0) is 37.3 Å². The topological polar surface area (TPSA) is 155 Å². The van der Waals surface area contributed by atoms with Gasteiger partial charge in [-0.1, -0.05) is 66.7 Å². The molecule has 0 aliphatic heterocycles. The Hall–Kier alpha value is -5.84. The molecule has 0 amide bonds. The van der Waals surface area contributed by atoms with E-state index in [0.29, 0.717) is 17.3 Å². The molecule has 3 aromatic carbocycles. The second-order valence-electron chi connectivity index (χ2n) is 9.12. The number of aromatic nitrogens is 6. The molecular weight excluding hydrogens is 516 g/mol. The highest BCUT2D eigenvalue weighted by Gasteiger charge is 2.18.